The molecule has 0 heterocycles. The van der Waals surface area contributed by atoms with Gasteiger partial charge in [-0.2, -0.15) is 4.31 Å². The zero-order valence-corrected chi connectivity index (χ0v) is 23.3. The first-order valence-electron chi connectivity index (χ1n) is 12.4. The van der Waals surface area contributed by atoms with Crippen molar-refractivity contribution in [2.75, 3.05) is 19.7 Å². The lowest BCUT2D eigenvalue weighted by molar-refractivity contribution is -0.137. The lowest BCUT2D eigenvalue weighted by Crippen LogP contribution is -2.43. The highest BCUT2D eigenvalue weighted by molar-refractivity contribution is 7.89. The van der Waals surface area contributed by atoms with Gasteiger partial charge in [-0.3, -0.25) is 9.59 Å². The monoisotopic (exact) mass is 590 g/mol. The number of benzene rings is 3. The number of nitrogens with one attached hydrogen (secondary N) is 1. The first kappa shape index (κ1) is 28.9. The number of carbonyl (C=O) groups is 2. The van der Waals surface area contributed by atoms with Gasteiger partial charge in [-0.05, 0) is 66.3 Å². The molecular formula is C28H28Cl2N2O6S. The summed E-state index contributed by atoms with van der Waals surface area (Å²) in [6.07, 6.45) is 2.73. The topological polar surface area (TPSA) is 113 Å². The van der Waals surface area contributed by atoms with Gasteiger partial charge in [-0.25, -0.2) is 8.42 Å². The number of rotatable bonds is 12. The van der Waals surface area contributed by atoms with E-state index in [1.165, 1.54) is 29.3 Å². The second kappa shape index (κ2) is 12.8. The molecule has 1 aliphatic rings. The third kappa shape index (κ3) is 7.51. The van der Waals surface area contributed by atoms with Crippen molar-refractivity contribution in [1.82, 2.24) is 9.62 Å². The molecule has 0 radical (unpaired) electrons. The molecule has 11 heteroatoms. The molecule has 39 heavy (non-hydrogen) atoms. The Morgan fingerprint density at radius 3 is 2.46 bits per heavy atom. The van der Waals surface area contributed by atoms with E-state index >= 15 is 0 Å². The fourth-order valence-corrected chi connectivity index (χ4v) is 6.65. The molecule has 0 fully saturated rings. The first-order chi connectivity index (χ1) is 18.6. The Balaban J connectivity index is 1.53. The molecule has 0 aromatic heterocycles. The highest BCUT2D eigenvalue weighted by Gasteiger charge is 2.30. The van der Waals surface area contributed by atoms with Crippen LogP contribution in [-0.2, 0) is 32.5 Å². The Morgan fingerprint density at radius 2 is 1.74 bits per heavy atom. The van der Waals surface area contributed by atoms with Gasteiger partial charge in [-0.15, -0.1) is 0 Å². The van der Waals surface area contributed by atoms with E-state index in [0.717, 1.165) is 23.6 Å². The number of hydrogen-bond acceptors (Lipinski definition) is 5. The number of fused-ring (bicyclic) bond motifs is 1. The maximum atomic E-state index is 13.6. The van der Waals surface area contributed by atoms with Crippen molar-refractivity contribution in [1.29, 1.82) is 0 Å². The first-order valence-corrected chi connectivity index (χ1v) is 14.6. The quantitative estimate of drug-likeness (QED) is 0.311. The summed E-state index contributed by atoms with van der Waals surface area (Å²) >= 11 is 12.2. The molecule has 1 amide bonds. The number of amides is 1. The van der Waals surface area contributed by atoms with E-state index in [0.29, 0.717) is 11.3 Å². The summed E-state index contributed by atoms with van der Waals surface area (Å²) in [5, 5.41) is 12.2. The van der Waals surface area contributed by atoms with Gasteiger partial charge in [0, 0.05) is 11.6 Å². The number of carboxylic acid groups (broad SMARTS) is 1. The molecule has 3 aromatic rings. The van der Waals surface area contributed by atoms with Crippen molar-refractivity contribution in [3.8, 4) is 5.75 Å². The van der Waals surface area contributed by atoms with Crippen molar-refractivity contribution in [2.45, 2.75) is 36.6 Å². The number of nitrogens with zero attached hydrogens (tertiary/aromatic N) is 1. The summed E-state index contributed by atoms with van der Waals surface area (Å²) in [5.74, 6) is -1.16. The molecule has 0 saturated heterocycles. The number of hydrogen-bond donors (Lipinski definition) is 2. The normalized spacial score (nSPS) is 13.6. The van der Waals surface area contributed by atoms with Crippen LogP contribution >= 0.6 is 23.2 Å². The molecule has 3 aromatic carbocycles. The largest absolute Gasteiger partial charge is 0.492 e. The van der Waals surface area contributed by atoms with Crippen LogP contribution in [0.3, 0.4) is 0 Å². The Morgan fingerprint density at radius 1 is 1.00 bits per heavy atom. The van der Waals surface area contributed by atoms with E-state index in [9.17, 15) is 23.1 Å². The Labute approximate surface area is 237 Å². The molecule has 1 aliphatic carbocycles. The van der Waals surface area contributed by atoms with Gasteiger partial charge >= 0.3 is 5.97 Å². The van der Waals surface area contributed by atoms with E-state index in [1.54, 1.807) is 30.3 Å². The molecule has 1 atom stereocenters. The van der Waals surface area contributed by atoms with Crippen LogP contribution in [0.2, 0.25) is 10.0 Å². The molecule has 0 saturated carbocycles. The number of aryl methyl sites for hydroxylation is 2. The van der Waals surface area contributed by atoms with Crippen LogP contribution in [0.5, 0.6) is 5.75 Å². The third-order valence-electron chi connectivity index (χ3n) is 6.43. The Hall–Kier alpha value is -3.11. The van der Waals surface area contributed by atoms with Crippen LogP contribution in [0.25, 0.3) is 0 Å². The molecule has 1 unspecified atom stereocenters. The lowest BCUT2D eigenvalue weighted by Gasteiger charge is -2.24. The SMILES string of the molecule is O=C(O)CC(NC(=O)CN(CCOc1ccc2c(c1)CCC2)S(=O)(=O)c1ccc(Cl)cc1Cl)c1ccccc1. The highest BCUT2D eigenvalue weighted by atomic mass is 35.5. The Kier molecular flexibility index (Phi) is 9.50. The number of halogens is 2. The number of aliphatic carboxylic acids is 1. The van der Waals surface area contributed by atoms with Crippen LogP contribution in [-0.4, -0.2) is 49.4 Å². The molecular weight excluding hydrogens is 563 g/mol. The molecule has 4 rings (SSSR count). The van der Waals surface area contributed by atoms with Gasteiger partial charge in [-0.1, -0.05) is 59.6 Å². The van der Waals surface area contributed by atoms with Crippen LogP contribution in [0, 0.1) is 0 Å². The predicted molar refractivity (Wildman–Crippen MR) is 149 cm³/mol. The van der Waals surface area contributed by atoms with Crippen LogP contribution < -0.4 is 10.1 Å². The van der Waals surface area contributed by atoms with Crippen molar-refractivity contribution in [3.63, 3.8) is 0 Å². The van der Waals surface area contributed by atoms with E-state index in [1.807, 2.05) is 18.2 Å². The van der Waals surface area contributed by atoms with Gasteiger partial charge in [0.15, 0.2) is 0 Å². The second-order valence-corrected chi connectivity index (χ2v) is 11.9. The van der Waals surface area contributed by atoms with E-state index in [2.05, 4.69) is 5.32 Å². The molecule has 2 N–H and O–H groups in total. The molecule has 0 bridgehead atoms. The zero-order chi connectivity index (χ0) is 28.0. The van der Waals surface area contributed by atoms with Gasteiger partial charge in [0.05, 0.1) is 24.0 Å². The van der Waals surface area contributed by atoms with E-state index in [4.69, 9.17) is 27.9 Å². The van der Waals surface area contributed by atoms with Crippen molar-refractivity contribution < 1.29 is 27.9 Å². The maximum Gasteiger partial charge on any atom is 0.305 e. The van der Waals surface area contributed by atoms with Crippen LogP contribution in [0.1, 0.15) is 35.6 Å². The average Bonchev–Trinajstić information content (AvgIpc) is 3.36. The predicted octanol–water partition coefficient (Wildman–Crippen LogP) is 4.88. The summed E-state index contributed by atoms with van der Waals surface area (Å²) in [5.41, 5.74) is 3.09. The molecule has 8 nitrogen and oxygen atoms in total. The minimum Gasteiger partial charge on any atom is -0.492 e. The Bertz CT molecular complexity index is 1450. The highest BCUT2D eigenvalue weighted by Crippen LogP contribution is 2.29. The van der Waals surface area contributed by atoms with Gasteiger partial charge in [0.25, 0.3) is 0 Å². The molecule has 206 valence electrons. The van der Waals surface area contributed by atoms with E-state index in [-0.39, 0.29) is 34.5 Å². The zero-order valence-electron chi connectivity index (χ0n) is 21.0. The third-order valence-corrected chi connectivity index (χ3v) is 8.99. The van der Waals surface area contributed by atoms with Crippen molar-refractivity contribution in [3.05, 3.63) is 93.5 Å². The van der Waals surface area contributed by atoms with E-state index < -0.39 is 34.5 Å². The molecule has 0 spiro atoms. The summed E-state index contributed by atoms with van der Waals surface area (Å²) in [6.45, 7) is -0.744. The second-order valence-electron chi connectivity index (χ2n) is 9.17. The summed E-state index contributed by atoms with van der Waals surface area (Å²) in [4.78, 5) is 24.3. The lowest BCUT2D eigenvalue weighted by atomic mass is 10.0. The number of sulfonamides is 1. The minimum atomic E-state index is -4.25. The van der Waals surface area contributed by atoms with Crippen molar-refractivity contribution in [2.24, 2.45) is 0 Å². The summed E-state index contributed by atoms with van der Waals surface area (Å²) < 4.78 is 34.0. The smallest absolute Gasteiger partial charge is 0.305 e. The maximum absolute atomic E-state index is 13.6. The number of carboxylic acids is 1. The van der Waals surface area contributed by atoms with Crippen LogP contribution in [0.4, 0.5) is 0 Å². The van der Waals surface area contributed by atoms with Gasteiger partial charge in [0.2, 0.25) is 15.9 Å². The average molecular weight is 592 g/mol. The fraction of sp³-hybridized carbons (Fsp3) is 0.286. The molecule has 0 aliphatic heterocycles. The minimum absolute atomic E-state index is 0.0201. The number of ether oxygens (including phenoxy) is 1. The summed E-state index contributed by atoms with van der Waals surface area (Å²) in [7, 11) is -4.25. The summed E-state index contributed by atoms with van der Waals surface area (Å²) in [6, 6.07) is 17.6. The van der Waals surface area contributed by atoms with Crippen LogP contribution in [0.15, 0.2) is 71.6 Å². The van der Waals surface area contributed by atoms with Crippen molar-refractivity contribution >= 4 is 45.1 Å². The standard InChI is InChI=1S/C28H28Cl2N2O6S/c29-22-10-12-26(24(30)16-22)39(36,37)32(13-14-38-23-11-9-19-7-4-8-21(19)15-23)18-27(33)31-25(17-28(34)35)20-5-2-1-3-6-20/h1-3,5-6,9-12,15-16,25H,4,7-8,13-14,17-18H2,(H,31,33)(H,34,35). The van der Waals surface area contributed by atoms with Gasteiger partial charge < -0.3 is 15.2 Å². The fourth-order valence-electron chi connectivity index (χ4n) is 4.52. The van der Waals surface area contributed by atoms with Gasteiger partial charge in [0.1, 0.15) is 17.3 Å². The number of carbonyl (C=O) groups excluding carboxylic acids is 1.